The zero-order valence-corrected chi connectivity index (χ0v) is 15.5. The number of benzene rings is 2. The first kappa shape index (κ1) is 19.8. The number of halogens is 1. The van der Waals surface area contributed by atoms with Crippen molar-refractivity contribution in [2.75, 3.05) is 25.0 Å². The van der Waals surface area contributed by atoms with Gasteiger partial charge in [0.2, 0.25) is 5.91 Å². The summed E-state index contributed by atoms with van der Waals surface area (Å²) in [6.07, 6.45) is 1.07. The highest BCUT2D eigenvalue weighted by atomic mass is 35.5. The predicted molar refractivity (Wildman–Crippen MR) is 104 cm³/mol. The predicted octanol–water partition coefficient (Wildman–Crippen LogP) is 3.68. The molecule has 2 aromatic carbocycles. The van der Waals surface area contributed by atoms with Gasteiger partial charge in [-0.05, 0) is 43.2 Å². The van der Waals surface area contributed by atoms with Crippen LogP contribution in [0.5, 0.6) is 0 Å². The van der Waals surface area contributed by atoms with E-state index in [1.807, 2.05) is 30.3 Å². The second-order valence-corrected chi connectivity index (χ2v) is 6.11. The third-order valence-corrected chi connectivity index (χ3v) is 3.99. The summed E-state index contributed by atoms with van der Waals surface area (Å²) in [6.45, 7) is 3.09. The molecule has 6 heteroatoms. The Morgan fingerprint density at radius 2 is 1.77 bits per heavy atom. The van der Waals surface area contributed by atoms with Crippen molar-refractivity contribution >= 4 is 29.2 Å². The highest BCUT2D eigenvalue weighted by molar-refractivity contribution is 6.30. The molecule has 0 unspecified atom stereocenters. The van der Waals surface area contributed by atoms with E-state index in [1.165, 1.54) is 0 Å². The molecule has 26 heavy (non-hydrogen) atoms. The summed E-state index contributed by atoms with van der Waals surface area (Å²) in [7, 11) is 0. The standard InChI is InChI=1S/C20H23ClN2O3/c1-2-26-20(25)17-5-3-4-6-18(17)22-14-12-19(24)23-13-11-15-7-9-16(21)10-8-15/h3-10,22H,2,11-14H2,1H3,(H,23,24). The number of anilines is 1. The first-order valence-electron chi connectivity index (χ1n) is 8.61. The van der Waals surface area contributed by atoms with Gasteiger partial charge >= 0.3 is 5.97 Å². The van der Waals surface area contributed by atoms with Crippen LogP contribution in [0.4, 0.5) is 5.69 Å². The highest BCUT2D eigenvalue weighted by Crippen LogP contribution is 2.16. The normalized spacial score (nSPS) is 10.2. The Morgan fingerprint density at radius 3 is 2.50 bits per heavy atom. The van der Waals surface area contributed by atoms with E-state index in [9.17, 15) is 9.59 Å². The van der Waals surface area contributed by atoms with E-state index >= 15 is 0 Å². The molecule has 0 heterocycles. The van der Waals surface area contributed by atoms with Gasteiger partial charge in [-0.1, -0.05) is 35.9 Å². The lowest BCUT2D eigenvalue weighted by atomic mass is 10.1. The van der Waals surface area contributed by atoms with Gasteiger partial charge in [0, 0.05) is 30.2 Å². The van der Waals surface area contributed by atoms with E-state index in [1.54, 1.807) is 25.1 Å². The summed E-state index contributed by atoms with van der Waals surface area (Å²) < 4.78 is 5.03. The van der Waals surface area contributed by atoms with Gasteiger partial charge in [-0.3, -0.25) is 4.79 Å². The minimum atomic E-state index is -0.372. The van der Waals surface area contributed by atoms with Gasteiger partial charge in [-0.2, -0.15) is 0 Å². The summed E-state index contributed by atoms with van der Waals surface area (Å²) in [6, 6.07) is 14.7. The Morgan fingerprint density at radius 1 is 1.04 bits per heavy atom. The molecule has 2 rings (SSSR count). The minimum absolute atomic E-state index is 0.0416. The average Bonchev–Trinajstić information content (AvgIpc) is 2.64. The van der Waals surface area contributed by atoms with Crippen molar-refractivity contribution in [3.63, 3.8) is 0 Å². The van der Waals surface area contributed by atoms with Crippen LogP contribution in [0, 0.1) is 0 Å². The second kappa shape index (κ2) is 10.5. The monoisotopic (exact) mass is 374 g/mol. The molecule has 0 bridgehead atoms. The summed E-state index contributed by atoms with van der Waals surface area (Å²) >= 11 is 5.85. The summed E-state index contributed by atoms with van der Waals surface area (Å²) in [5.41, 5.74) is 2.26. The Balaban J connectivity index is 1.73. The van der Waals surface area contributed by atoms with Gasteiger partial charge in [0.15, 0.2) is 0 Å². The number of para-hydroxylation sites is 1. The number of hydrogen-bond acceptors (Lipinski definition) is 4. The Hall–Kier alpha value is -2.53. The number of carbonyl (C=O) groups excluding carboxylic acids is 2. The van der Waals surface area contributed by atoms with Crippen molar-refractivity contribution in [1.29, 1.82) is 0 Å². The van der Waals surface area contributed by atoms with Crippen LogP contribution in [0.1, 0.15) is 29.3 Å². The van der Waals surface area contributed by atoms with E-state index < -0.39 is 0 Å². The third-order valence-electron chi connectivity index (χ3n) is 3.74. The topological polar surface area (TPSA) is 67.4 Å². The van der Waals surface area contributed by atoms with Crippen LogP contribution in [0.15, 0.2) is 48.5 Å². The lowest BCUT2D eigenvalue weighted by molar-refractivity contribution is -0.120. The number of hydrogen-bond donors (Lipinski definition) is 2. The number of amides is 1. The zero-order chi connectivity index (χ0) is 18.8. The van der Waals surface area contributed by atoms with Gasteiger partial charge in [0.05, 0.1) is 12.2 Å². The lowest BCUT2D eigenvalue weighted by Crippen LogP contribution is -2.27. The summed E-state index contributed by atoms with van der Waals surface area (Å²) in [5, 5.41) is 6.71. The third kappa shape index (κ3) is 6.41. The second-order valence-electron chi connectivity index (χ2n) is 5.67. The van der Waals surface area contributed by atoms with E-state index in [-0.39, 0.29) is 11.9 Å². The molecule has 0 atom stereocenters. The van der Waals surface area contributed by atoms with Crippen LogP contribution in [-0.4, -0.2) is 31.6 Å². The van der Waals surface area contributed by atoms with Crippen molar-refractivity contribution in [3.05, 3.63) is 64.7 Å². The number of ether oxygens (including phenoxy) is 1. The lowest BCUT2D eigenvalue weighted by Gasteiger charge is -2.11. The smallest absolute Gasteiger partial charge is 0.340 e. The van der Waals surface area contributed by atoms with Crippen molar-refractivity contribution in [2.45, 2.75) is 19.8 Å². The molecular weight excluding hydrogens is 352 g/mol. The molecule has 0 saturated heterocycles. The molecule has 0 aromatic heterocycles. The van der Waals surface area contributed by atoms with Gasteiger partial charge in [0.25, 0.3) is 0 Å². The molecule has 0 aliphatic heterocycles. The van der Waals surface area contributed by atoms with Gasteiger partial charge in [0.1, 0.15) is 0 Å². The van der Waals surface area contributed by atoms with Crippen molar-refractivity contribution < 1.29 is 14.3 Å². The first-order chi connectivity index (χ1) is 12.6. The van der Waals surface area contributed by atoms with Crippen LogP contribution < -0.4 is 10.6 Å². The minimum Gasteiger partial charge on any atom is -0.462 e. The molecule has 5 nitrogen and oxygen atoms in total. The van der Waals surface area contributed by atoms with Crippen molar-refractivity contribution in [2.24, 2.45) is 0 Å². The van der Waals surface area contributed by atoms with Crippen molar-refractivity contribution in [1.82, 2.24) is 5.32 Å². The Bertz CT molecular complexity index is 732. The maximum atomic E-state index is 11.9. The van der Waals surface area contributed by atoms with E-state index in [0.717, 1.165) is 12.0 Å². The molecule has 0 aliphatic rings. The summed E-state index contributed by atoms with van der Waals surface area (Å²) in [4.78, 5) is 23.8. The largest absolute Gasteiger partial charge is 0.462 e. The Labute approximate surface area is 158 Å². The zero-order valence-electron chi connectivity index (χ0n) is 14.8. The van der Waals surface area contributed by atoms with Gasteiger partial charge in [-0.15, -0.1) is 0 Å². The van der Waals surface area contributed by atoms with Crippen LogP contribution in [0.3, 0.4) is 0 Å². The number of rotatable bonds is 9. The molecule has 138 valence electrons. The van der Waals surface area contributed by atoms with E-state index in [4.69, 9.17) is 16.3 Å². The quantitative estimate of drug-likeness (QED) is 0.657. The molecule has 0 fully saturated rings. The fourth-order valence-corrected chi connectivity index (χ4v) is 2.55. The average molecular weight is 375 g/mol. The van der Waals surface area contributed by atoms with Crippen molar-refractivity contribution in [3.8, 4) is 0 Å². The fraction of sp³-hybridized carbons (Fsp3) is 0.300. The number of nitrogens with one attached hydrogen (secondary N) is 2. The Kier molecular flexibility index (Phi) is 7.96. The molecule has 0 spiro atoms. The highest BCUT2D eigenvalue weighted by Gasteiger charge is 2.11. The van der Waals surface area contributed by atoms with Crippen LogP contribution in [0.25, 0.3) is 0 Å². The molecule has 2 N–H and O–H groups in total. The van der Waals surface area contributed by atoms with E-state index in [0.29, 0.717) is 42.4 Å². The molecule has 1 amide bonds. The molecular formula is C20H23ClN2O3. The van der Waals surface area contributed by atoms with E-state index in [2.05, 4.69) is 10.6 Å². The van der Waals surface area contributed by atoms with Crippen LogP contribution in [-0.2, 0) is 16.0 Å². The molecule has 0 aliphatic carbocycles. The SMILES string of the molecule is CCOC(=O)c1ccccc1NCCC(=O)NCCc1ccc(Cl)cc1. The van der Waals surface area contributed by atoms with Crippen LogP contribution >= 0.6 is 11.6 Å². The van der Waals surface area contributed by atoms with Crippen LogP contribution in [0.2, 0.25) is 5.02 Å². The molecule has 0 saturated carbocycles. The molecule has 2 aromatic rings. The fourth-order valence-electron chi connectivity index (χ4n) is 2.42. The number of esters is 1. The maximum Gasteiger partial charge on any atom is 0.340 e. The maximum absolute atomic E-state index is 11.9. The summed E-state index contributed by atoms with van der Waals surface area (Å²) in [5.74, 6) is -0.414. The first-order valence-corrected chi connectivity index (χ1v) is 8.99. The van der Waals surface area contributed by atoms with Gasteiger partial charge in [-0.25, -0.2) is 4.79 Å². The van der Waals surface area contributed by atoms with Gasteiger partial charge < -0.3 is 15.4 Å². The number of carbonyl (C=O) groups is 2. The molecule has 0 radical (unpaired) electrons.